The Labute approximate surface area is 200 Å². The molecule has 0 unspecified atom stereocenters. The lowest BCUT2D eigenvalue weighted by Gasteiger charge is -2.51. The lowest BCUT2D eigenvalue weighted by atomic mass is 9.67. The van der Waals surface area contributed by atoms with Gasteiger partial charge in [-0.2, -0.15) is 0 Å². The number of urea groups is 1. The number of likely N-dealkylation sites (tertiary alicyclic amines) is 1. The maximum absolute atomic E-state index is 13.5. The zero-order valence-corrected chi connectivity index (χ0v) is 20.4. The Balaban J connectivity index is 1.55. The molecule has 0 radical (unpaired) electrons. The molecule has 5 rings (SSSR count). The van der Waals surface area contributed by atoms with E-state index in [1.165, 1.54) is 5.56 Å². The maximum atomic E-state index is 13.5. The van der Waals surface area contributed by atoms with E-state index in [1.807, 2.05) is 35.8 Å². The van der Waals surface area contributed by atoms with Crippen molar-refractivity contribution >= 4 is 22.8 Å². The van der Waals surface area contributed by atoms with Gasteiger partial charge in [0.15, 0.2) is 0 Å². The Morgan fingerprint density at radius 2 is 2.00 bits per heavy atom. The summed E-state index contributed by atoms with van der Waals surface area (Å²) in [5, 5.41) is 14.6. The number of H-pyrrole nitrogens is 1. The number of nitrogens with zero attached hydrogens (tertiary/aromatic N) is 2. The summed E-state index contributed by atoms with van der Waals surface area (Å²) >= 11 is 0. The number of rotatable bonds is 4. The lowest BCUT2D eigenvalue weighted by Crippen LogP contribution is -2.58. The number of aliphatic hydroxyl groups is 1. The van der Waals surface area contributed by atoms with E-state index in [2.05, 4.69) is 16.4 Å². The standard InChI is InChI=1S/C26H36N4O4/c1-16(2)27-25(33)29-11-9-26(10-12-29)15-30(24(32)17-5-4-6-17)21(14-31)23-22(26)19-8-7-18(34-3)13-20(19)28-23/h7-8,13,16-17,21,28,31H,4-6,9-12,14-15H2,1-3H3,(H,27,33)/t21-/m1/s1. The van der Waals surface area contributed by atoms with Crippen molar-refractivity contribution < 1.29 is 19.4 Å². The number of aromatic amines is 1. The van der Waals surface area contributed by atoms with Crippen molar-refractivity contribution in [1.82, 2.24) is 20.1 Å². The second-order valence-electron chi connectivity index (χ2n) is 10.5. The predicted molar refractivity (Wildman–Crippen MR) is 130 cm³/mol. The Morgan fingerprint density at radius 1 is 1.26 bits per heavy atom. The van der Waals surface area contributed by atoms with Crippen LogP contribution < -0.4 is 10.1 Å². The summed E-state index contributed by atoms with van der Waals surface area (Å²) in [4.78, 5) is 33.5. The summed E-state index contributed by atoms with van der Waals surface area (Å²) in [7, 11) is 1.65. The number of carbonyl (C=O) groups excluding carboxylic acids is 2. The fourth-order valence-corrected chi connectivity index (χ4v) is 6.01. The van der Waals surface area contributed by atoms with Crippen molar-refractivity contribution in [2.45, 2.75) is 63.5 Å². The molecule has 8 heteroatoms. The number of benzene rings is 1. The smallest absolute Gasteiger partial charge is 0.317 e. The molecule has 1 saturated heterocycles. The summed E-state index contributed by atoms with van der Waals surface area (Å²) < 4.78 is 5.44. The van der Waals surface area contributed by atoms with E-state index in [4.69, 9.17) is 4.74 Å². The number of hydrogen-bond donors (Lipinski definition) is 3. The molecule has 0 bridgehead atoms. The summed E-state index contributed by atoms with van der Waals surface area (Å²) in [5.41, 5.74) is 2.83. The Morgan fingerprint density at radius 3 is 2.59 bits per heavy atom. The normalized spacial score (nSPS) is 22.1. The molecule has 1 atom stereocenters. The van der Waals surface area contributed by atoms with Crippen molar-refractivity contribution in [3.05, 3.63) is 29.5 Å². The van der Waals surface area contributed by atoms with Gasteiger partial charge < -0.3 is 29.9 Å². The quantitative estimate of drug-likeness (QED) is 0.641. The molecule has 1 aliphatic carbocycles. The molecule has 3 aliphatic rings. The van der Waals surface area contributed by atoms with Gasteiger partial charge >= 0.3 is 6.03 Å². The fourth-order valence-electron chi connectivity index (χ4n) is 6.01. The molecule has 2 aliphatic heterocycles. The topological polar surface area (TPSA) is 97.9 Å². The van der Waals surface area contributed by atoms with E-state index in [9.17, 15) is 14.7 Å². The summed E-state index contributed by atoms with van der Waals surface area (Å²) in [6.07, 6.45) is 4.51. The molecule has 2 aromatic rings. The highest BCUT2D eigenvalue weighted by molar-refractivity contribution is 5.89. The second kappa shape index (κ2) is 8.80. The zero-order chi connectivity index (χ0) is 24.0. The van der Waals surface area contributed by atoms with E-state index < -0.39 is 0 Å². The minimum absolute atomic E-state index is 0.0276. The van der Waals surface area contributed by atoms with Crippen LogP contribution in [0.1, 0.15) is 63.3 Å². The highest BCUT2D eigenvalue weighted by atomic mass is 16.5. The van der Waals surface area contributed by atoms with Crippen LogP contribution in [0.5, 0.6) is 5.75 Å². The SMILES string of the molecule is COc1ccc2c3c([nH]c2c1)[C@@H](CO)N(C(=O)C1CCC1)CC31CCN(C(=O)NC(C)C)CC1. The number of nitrogens with one attached hydrogen (secondary N) is 2. The summed E-state index contributed by atoms with van der Waals surface area (Å²) in [5.74, 6) is 0.990. The molecule has 1 spiro atoms. The van der Waals surface area contributed by atoms with Gasteiger partial charge in [0.2, 0.25) is 5.91 Å². The molecule has 1 saturated carbocycles. The third-order valence-corrected chi connectivity index (χ3v) is 8.08. The number of carbonyl (C=O) groups is 2. The fraction of sp³-hybridized carbons (Fsp3) is 0.615. The average molecular weight is 469 g/mol. The van der Waals surface area contributed by atoms with Gasteiger partial charge in [-0.3, -0.25) is 4.79 Å². The number of hydrogen-bond acceptors (Lipinski definition) is 4. The van der Waals surface area contributed by atoms with Crippen LogP contribution >= 0.6 is 0 Å². The average Bonchev–Trinajstić information content (AvgIpc) is 3.17. The molecule has 3 amide bonds. The van der Waals surface area contributed by atoms with Gasteiger partial charge in [-0.15, -0.1) is 0 Å². The Hall–Kier alpha value is -2.74. The van der Waals surface area contributed by atoms with Gasteiger partial charge in [0.1, 0.15) is 5.75 Å². The number of aliphatic hydroxyl groups excluding tert-OH is 1. The molecular formula is C26H36N4O4. The third-order valence-electron chi connectivity index (χ3n) is 8.08. The highest BCUT2D eigenvalue weighted by Gasteiger charge is 2.50. The van der Waals surface area contributed by atoms with Crippen LogP contribution in [0.15, 0.2) is 18.2 Å². The number of piperidine rings is 1. The minimum Gasteiger partial charge on any atom is -0.497 e. The number of amides is 3. The zero-order valence-electron chi connectivity index (χ0n) is 20.4. The Bertz CT molecular complexity index is 1080. The van der Waals surface area contributed by atoms with Crippen LogP contribution in [0.2, 0.25) is 0 Å². The number of aromatic nitrogens is 1. The highest BCUT2D eigenvalue weighted by Crippen LogP contribution is 2.50. The van der Waals surface area contributed by atoms with Crippen LogP contribution in [-0.4, -0.2) is 71.2 Å². The van der Waals surface area contributed by atoms with Gasteiger partial charge in [0.25, 0.3) is 0 Å². The molecule has 34 heavy (non-hydrogen) atoms. The molecule has 3 heterocycles. The van der Waals surface area contributed by atoms with E-state index >= 15 is 0 Å². The Kier molecular flexibility index (Phi) is 5.96. The van der Waals surface area contributed by atoms with Gasteiger partial charge in [-0.05, 0) is 57.2 Å². The van der Waals surface area contributed by atoms with E-state index in [1.54, 1.807) is 7.11 Å². The van der Waals surface area contributed by atoms with Crippen molar-refractivity contribution in [2.75, 3.05) is 33.4 Å². The van der Waals surface area contributed by atoms with Crippen molar-refractivity contribution in [1.29, 1.82) is 0 Å². The first-order chi connectivity index (χ1) is 16.4. The van der Waals surface area contributed by atoms with Crippen molar-refractivity contribution in [3.63, 3.8) is 0 Å². The molecule has 1 aromatic carbocycles. The first kappa shape index (κ1) is 23.0. The largest absolute Gasteiger partial charge is 0.497 e. The summed E-state index contributed by atoms with van der Waals surface area (Å²) in [6.45, 7) is 5.67. The minimum atomic E-state index is -0.380. The van der Waals surface area contributed by atoms with Crippen LogP contribution in [0, 0.1) is 5.92 Å². The van der Waals surface area contributed by atoms with Gasteiger partial charge in [0, 0.05) is 59.7 Å². The first-order valence-electron chi connectivity index (χ1n) is 12.5. The van der Waals surface area contributed by atoms with Crippen molar-refractivity contribution in [2.24, 2.45) is 5.92 Å². The number of fused-ring (bicyclic) bond motifs is 4. The van der Waals surface area contributed by atoms with Gasteiger partial charge in [-0.1, -0.05) is 6.42 Å². The van der Waals surface area contributed by atoms with Crippen LogP contribution in [0.3, 0.4) is 0 Å². The number of methoxy groups -OCH3 is 1. The summed E-state index contributed by atoms with van der Waals surface area (Å²) in [6, 6.07) is 5.72. The molecule has 3 N–H and O–H groups in total. The molecule has 184 valence electrons. The van der Waals surface area contributed by atoms with Gasteiger partial charge in [0.05, 0.1) is 19.8 Å². The number of ether oxygens (including phenoxy) is 1. The van der Waals surface area contributed by atoms with E-state index in [0.29, 0.717) is 19.6 Å². The lowest BCUT2D eigenvalue weighted by molar-refractivity contribution is -0.144. The second-order valence-corrected chi connectivity index (χ2v) is 10.5. The van der Waals surface area contributed by atoms with Gasteiger partial charge in [-0.25, -0.2) is 4.79 Å². The van der Waals surface area contributed by atoms with E-state index in [0.717, 1.165) is 54.5 Å². The van der Waals surface area contributed by atoms with Crippen molar-refractivity contribution in [3.8, 4) is 5.75 Å². The molecule has 1 aromatic heterocycles. The first-order valence-corrected chi connectivity index (χ1v) is 12.5. The predicted octanol–water partition coefficient (Wildman–Crippen LogP) is 3.30. The van der Waals surface area contributed by atoms with Crippen LogP contribution in [-0.2, 0) is 10.2 Å². The third kappa shape index (κ3) is 3.72. The molecular weight excluding hydrogens is 432 g/mol. The van der Waals surface area contributed by atoms with Crippen LogP contribution in [0.4, 0.5) is 4.79 Å². The molecule has 2 fully saturated rings. The molecule has 8 nitrogen and oxygen atoms in total. The monoisotopic (exact) mass is 468 g/mol. The van der Waals surface area contributed by atoms with Crippen LogP contribution in [0.25, 0.3) is 10.9 Å². The van der Waals surface area contributed by atoms with E-state index in [-0.39, 0.29) is 42.0 Å². The maximum Gasteiger partial charge on any atom is 0.317 e.